The topological polar surface area (TPSA) is 39.1 Å². The number of nitrogens with one attached hydrogen (secondary N) is 1. The molecule has 2 unspecified atom stereocenters. The number of methoxy groups -OCH3 is 1. The van der Waals surface area contributed by atoms with Crippen molar-refractivity contribution in [3.8, 4) is 0 Å². The van der Waals surface area contributed by atoms with Gasteiger partial charge in [-0.1, -0.05) is 44.2 Å². The normalized spacial score (nSPS) is 14.0. The predicted molar refractivity (Wildman–Crippen MR) is 85.1 cm³/mol. The number of benzene rings is 1. The molecule has 2 atom stereocenters. The second-order valence-electron chi connectivity index (χ2n) is 5.08. The summed E-state index contributed by atoms with van der Waals surface area (Å²) in [7, 11) is 1.76. The van der Waals surface area contributed by atoms with E-state index in [0.717, 1.165) is 30.9 Å². The van der Waals surface area contributed by atoms with Gasteiger partial charge in [-0.3, -0.25) is 0 Å². The number of aromatic nitrogens is 2. The van der Waals surface area contributed by atoms with Gasteiger partial charge in [0.15, 0.2) is 0 Å². The Hall–Kier alpha value is -1.65. The molecule has 4 nitrogen and oxygen atoms in total. The van der Waals surface area contributed by atoms with Crippen molar-refractivity contribution in [1.29, 1.82) is 0 Å². The molecular formula is C17H25N3O. The summed E-state index contributed by atoms with van der Waals surface area (Å²) in [4.78, 5) is 4.57. The van der Waals surface area contributed by atoms with Gasteiger partial charge in [-0.05, 0) is 18.5 Å². The molecule has 0 bridgehead atoms. The second kappa shape index (κ2) is 7.96. The number of nitrogens with zero attached hydrogens (tertiary/aromatic N) is 2. The van der Waals surface area contributed by atoms with Crippen LogP contribution in [0.2, 0.25) is 0 Å². The number of ether oxygens (including phenoxy) is 1. The summed E-state index contributed by atoms with van der Waals surface area (Å²) in [5.41, 5.74) is 1.16. The molecule has 0 saturated carbocycles. The van der Waals surface area contributed by atoms with Crippen molar-refractivity contribution < 1.29 is 4.74 Å². The summed E-state index contributed by atoms with van der Waals surface area (Å²) in [6.45, 7) is 6.13. The Morgan fingerprint density at radius 2 is 2.00 bits per heavy atom. The Balaban J connectivity index is 2.34. The Labute approximate surface area is 127 Å². The molecule has 114 valence electrons. The summed E-state index contributed by atoms with van der Waals surface area (Å²) in [6, 6.07) is 10.4. The van der Waals surface area contributed by atoms with Crippen molar-refractivity contribution in [2.45, 2.75) is 39.0 Å². The van der Waals surface area contributed by atoms with Gasteiger partial charge in [0, 0.05) is 26.0 Å². The third kappa shape index (κ3) is 3.71. The molecule has 0 aliphatic carbocycles. The molecule has 0 saturated heterocycles. The molecule has 0 aliphatic heterocycles. The van der Waals surface area contributed by atoms with E-state index in [2.05, 4.69) is 40.8 Å². The number of imidazole rings is 1. The first-order chi connectivity index (χ1) is 10.3. The molecule has 0 amide bonds. The summed E-state index contributed by atoms with van der Waals surface area (Å²) in [5, 5.41) is 3.52. The van der Waals surface area contributed by atoms with Crippen LogP contribution in [0.1, 0.15) is 43.8 Å². The minimum absolute atomic E-state index is 0.0453. The quantitative estimate of drug-likeness (QED) is 0.809. The van der Waals surface area contributed by atoms with Crippen molar-refractivity contribution in [3.05, 3.63) is 54.1 Å². The van der Waals surface area contributed by atoms with Gasteiger partial charge < -0.3 is 14.6 Å². The molecule has 1 aromatic carbocycles. The Morgan fingerprint density at radius 3 is 2.62 bits per heavy atom. The van der Waals surface area contributed by atoms with Crippen molar-refractivity contribution in [2.24, 2.45) is 0 Å². The van der Waals surface area contributed by atoms with Gasteiger partial charge in [-0.2, -0.15) is 0 Å². The highest BCUT2D eigenvalue weighted by atomic mass is 16.5. The minimum Gasteiger partial charge on any atom is -0.375 e. The highest BCUT2D eigenvalue weighted by Crippen LogP contribution is 2.30. The van der Waals surface area contributed by atoms with E-state index in [9.17, 15) is 0 Å². The molecule has 1 N–H and O–H groups in total. The van der Waals surface area contributed by atoms with Crippen LogP contribution in [0, 0.1) is 0 Å². The zero-order valence-corrected chi connectivity index (χ0v) is 13.1. The van der Waals surface area contributed by atoms with Crippen LogP contribution in [0.15, 0.2) is 42.7 Å². The first kappa shape index (κ1) is 15.7. The van der Waals surface area contributed by atoms with Crippen molar-refractivity contribution in [3.63, 3.8) is 0 Å². The second-order valence-corrected chi connectivity index (χ2v) is 5.08. The summed E-state index contributed by atoms with van der Waals surface area (Å²) in [5.74, 6) is 1.04. The fraction of sp³-hybridized carbons (Fsp3) is 0.471. The van der Waals surface area contributed by atoms with Crippen LogP contribution in [0.3, 0.4) is 0 Å². The number of aryl methyl sites for hydroxylation is 1. The van der Waals surface area contributed by atoms with E-state index in [4.69, 9.17) is 4.74 Å². The van der Waals surface area contributed by atoms with Gasteiger partial charge >= 0.3 is 0 Å². The van der Waals surface area contributed by atoms with Crippen LogP contribution in [0.4, 0.5) is 0 Å². The maximum Gasteiger partial charge on any atom is 0.128 e. The Morgan fingerprint density at radius 1 is 1.24 bits per heavy atom. The molecule has 2 rings (SSSR count). The van der Waals surface area contributed by atoms with E-state index in [-0.39, 0.29) is 12.1 Å². The van der Waals surface area contributed by atoms with Crippen LogP contribution in [-0.2, 0) is 11.3 Å². The number of hydrogen-bond acceptors (Lipinski definition) is 3. The minimum atomic E-state index is -0.0517. The van der Waals surface area contributed by atoms with Gasteiger partial charge in [0.1, 0.15) is 11.9 Å². The molecular weight excluding hydrogens is 262 g/mol. The molecule has 21 heavy (non-hydrogen) atoms. The zero-order chi connectivity index (χ0) is 15.1. The summed E-state index contributed by atoms with van der Waals surface area (Å²) in [6.07, 6.45) is 4.95. The van der Waals surface area contributed by atoms with E-state index >= 15 is 0 Å². The van der Waals surface area contributed by atoms with Crippen molar-refractivity contribution >= 4 is 0 Å². The first-order valence-corrected chi connectivity index (χ1v) is 7.63. The fourth-order valence-corrected chi connectivity index (χ4v) is 2.69. The van der Waals surface area contributed by atoms with Crippen molar-refractivity contribution in [1.82, 2.24) is 14.9 Å². The Kier molecular flexibility index (Phi) is 5.96. The summed E-state index contributed by atoms with van der Waals surface area (Å²) < 4.78 is 8.00. The van der Waals surface area contributed by atoms with Crippen LogP contribution in [-0.4, -0.2) is 23.2 Å². The van der Waals surface area contributed by atoms with Crippen LogP contribution < -0.4 is 5.32 Å². The molecule has 4 heteroatoms. The lowest BCUT2D eigenvalue weighted by Gasteiger charge is -2.27. The number of hydrogen-bond donors (Lipinski definition) is 1. The van der Waals surface area contributed by atoms with Gasteiger partial charge in [-0.25, -0.2) is 4.98 Å². The Bertz CT molecular complexity index is 524. The van der Waals surface area contributed by atoms with E-state index in [1.54, 1.807) is 7.11 Å². The lowest BCUT2D eigenvalue weighted by Crippen LogP contribution is -2.30. The SMILES string of the molecule is CCCn1ccnc1C(NCC)C(OC)c1ccccc1. The molecule has 0 radical (unpaired) electrons. The molecule has 0 spiro atoms. The van der Waals surface area contributed by atoms with Crippen LogP contribution in [0.5, 0.6) is 0 Å². The largest absolute Gasteiger partial charge is 0.375 e. The lowest BCUT2D eigenvalue weighted by atomic mass is 10.0. The highest BCUT2D eigenvalue weighted by molar-refractivity contribution is 5.21. The number of likely N-dealkylation sites (N-methyl/N-ethyl adjacent to an activating group) is 1. The monoisotopic (exact) mass is 287 g/mol. The molecule has 0 fully saturated rings. The smallest absolute Gasteiger partial charge is 0.128 e. The highest BCUT2D eigenvalue weighted by Gasteiger charge is 2.27. The maximum atomic E-state index is 5.79. The van der Waals surface area contributed by atoms with E-state index < -0.39 is 0 Å². The maximum absolute atomic E-state index is 5.79. The fourth-order valence-electron chi connectivity index (χ4n) is 2.69. The van der Waals surface area contributed by atoms with Crippen LogP contribution in [0.25, 0.3) is 0 Å². The third-order valence-electron chi connectivity index (χ3n) is 3.60. The lowest BCUT2D eigenvalue weighted by molar-refractivity contribution is 0.0640. The molecule has 1 heterocycles. The van der Waals surface area contributed by atoms with E-state index in [1.807, 2.05) is 30.6 Å². The summed E-state index contributed by atoms with van der Waals surface area (Å²) >= 11 is 0. The van der Waals surface area contributed by atoms with Gasteiger partial charge in [-0.15, -0.1) is 0 Å². The van der Waals surface area contributed by atoms with Gasteiger partial charge in [0.25, 0.3) is 0 Å². The zero-order valence-electron chi connectivity index (χ0n) is 13.1. The van der Waals surface area contributed by atoms with E-state index in [0.29, 0.717) is 0 Å². The molecule has 0 aliphatic rings. The van der Waals surface area contributed by atoms with Gasteiger partial charge in [0.05, 0.1) is 6.04 Å². The van der Waals surface area contributed by atoms with Crippen LogP contribution >= 0.6 is 0 Å². The average molecular weight is 287 g/mol. The van der Waals surface area contributed by atoms with Gasteiger partial charge in [0.2, 0.25) is 0 Å². The molecule has 2 aromatic rings. The third-order valence-corrected chi connectivity index (χ3v) is 3.60. The average Bonchev–Trinajstić information content (AvgIpc) is 2.97. The molecule has 1 aromatic heterocycles. The number of rotatable bonds is 8. The first-order valence-electron chi connectivity index (χ1n) is 7.63. The van der Waals surface area contributed by atoms with Crippen molar-refractivity contribution in [2.75, 3.05) is 13.7 Å². The predicted octanol–water partition coefficient (Wildman–Crippen LogP) is 3.33. The van der Waals surface area contributed by atoms with E-state index in [1.165, 1.54) is 0 Å². The standard InChI is InChI=1S/C17H25N3O/c1-4-12-20-13-11-19-17(20)15(18-5-2)16(21-3)14-9-7-6-8-10-14/h6-11,13,15-16,18H,4-5,12H2,1-3H3.